The second-order valence-corrected chi connectivity index (χ2v) is 5.55. The van der Waals surface area contributed by atoms with Gasteiger partial charge in [-0.3, -0.25) is 4.79 Å². The van der Waals surface area contributed by atoms with Crippen LogP contribution < -0.4 is 11.1 Å². The largest absolute Gasteiger partial charge is 0.416 e. The van der Waals surface area contributed by atoms with Gasteiger partial charge in [-0.1, -0.05) is 12.5 Å². The highest BCUT2D eigenvalue weighted by Crippen LogP contribution is 2.35. The summed E-state index contributed by atoms with van der Waals surface area (Å²) in [5.41, 5.74) is 5.23. The van der Waals surface area contributed by atoms with Crippen LogP contribution in [0.1, 0.15) is 30.4 Å². The number of anilines is 1. The molecule has 0 aromatic heterocycles. The van der Waals surface area contributed by atoms with Crippen molar-refractivity contribution in [2.75, 3.05) is 11.9 Å². The number of benzene rings is 1. The van der Waals surface area contributed by atoms with E-state index in [-0.39, 0.29) is 41.4 Å². The zero-order valence-electron chi connectivity index (χ0n) is 12.2. The van der Waals surface area contributed by atoms with E-state index >= 15 is 0 Å². The molecule has 7 heteroatoms. The van der Waals surface area contributed by atoms with E-state index in [0.29, 0.717) is 6.54 Å². The fourth-order valence-corrected chi connectivity index (χ4v) is 2.90. The molecule has 0 unspecified atom stereocenters. The number of nitrogens with two attached hydrogens (primary N) is 1. The van der Waals surface area contributed by atoms with Crippen LogP contribution >= 0.6 is 12.4 Å². The normalized spacial score (nSPS) is 21.3. The third kappa shape index (κ3) is 4.14. The van der Waals surface area contributed by atoms with E-state index < -0.39 is 11.7 Å². The molecule has 1 fully saturated rings. The minimum absolute atomic E-state index is 0. The van der Waals surface area contributed by atoms with E-state index in [2.05, 4.69) is 5.32 Å². The van der Waals surface area contributed by atoms with Crippen LogP contribution in [0.4, 0.5) is 18.9 Å². The van der Waals surface area contributed by atoms with Crippen LogP contribution in [0.2, 0.25) is 0 Å². The van der Waals surface area contributed by atoms with Gasteiger partial charge in [-0.05, 0) is 49.9 Å². The van der Waals surface area contributed by atoms with Gasteiger partial charge in [-0.15, -0.1) is 12.4 Å². The lowest BCUT2D eigenvalue weighted by Crippen LogP contribution is -2.29. The van der Waals surface area contributed by atoms with Crippen molar-refractivity contribution in [2.45, 2.75) is 32.4 Å². The summed E-state index contributed by atoms with van der Waals surface area (Å²) in [7, 11) is 0. The van der Waals surface area contributed by atoms with Gasteiger partial charge in [0.1, 0.15) is 0 Å². The van der Waals surface area contributed by atoms with Crippen molar-refractivity contribution in [1.29, 1.82) is 0 Å². The molecule has 1 aromatic carbocycles. The Morgan fingerprint density at radius 2 is 2.05 bits per heavy atom. The number of hydrogen-bond acceptors (Lipinski definition) is 2. The molecule has 2 rings (SSSR count). The first kappa shape index (κ1) is 18.8. The summed E-state index contributed by atoms with van der Waals surface area (Å²) in [6.07, 6.45) is -1.85. The highest BCUT2D eigenvalue weighted by atomic mass is 35.5. The average molecular weight is 337 g/mol. The molecule has 1 aromatic rings. The number of nitrogens with one attached hydrogen (secondary N) is 1. The Morgan fingerprint density at radius 1 is 1.36 bits per heavy atom. The third-order valence-electron chi connectivity index (χ3n) is 4.11. The first-order valence-electron chi connectivity index (χ1n) is 7.01. The highest BCUT2D eigenvalue weighted by Gasteiger charge is 2.34. The monoisotopic (exact) mass is 336 g/mol. The fourth-order valence-electron chi connectivity index (χ4n) is 2.90. The number of rotatable bonds is 3. The molecule has 0 aliphatic heterocycles. The first-order valence-corrected chi connectivity index (χ1v) is 7.01. The molecule has 22 heavy (non-hydrogen) atoms. The standard InChI is InChI=1S/C15H19F3N2O.ClH/c1-9-5-6-11(7-13(9)15(16,17)18)20-14(21)12-4-2-3-10(12)8-19;/h5-7,10,12H,2-4,8,19H2,1H3,(H,20,21);1H/t10-,12-;/m1./s1. The highest BCUT2D eigenvalue weighted by molar-refractivity contribution is 5.93. The minimum atomic E-state index is -4.42. The van der Waals surface area contributed by atoms with Gasteiger partial charge in [0, 0.05) is 11.6 Å². The molecule has 124 valence electrons. The maximum atomic E-state index is 12.9. The molecule has 1 aliphatic carbocycles. The van der Waals surface area contributed by atoms with E-state index in [1.54, 1.807) is 0 Å². The van der Waals surface area contributed by atoms with Crippen LogP contribution in [-0.2, 0) is 11.0 Å². The quantitative estimate of drug-likeness (QED) is 0.883. The van der Waals surface area contributed by atoms with Crippen molar-refractivity contribution < 1.29 is 18.0 Å². The smallest absolute Gasteiger partial charge is 0.330 e. The van der Waals surface area contributed by atoms with Crippen LogP contribution in [0.15, 0.2) is 18.2 Å². The molecule has 1 saturated carbocycles. The van der Waals surface area contributed by atoms with Crippen LogP contribution in [0.5, 0.6) is 0 Å². The van der Waals surface area contributed by atoms with Crippen molar-refractivity contribution >= 4 is 24.0 Å². The predicted molar refractivity (Wildman–Crippen MR) is 81.9 cm³/mol. The van der Waals surface area contributed by atoms with Gasteiger partial charge in [-0.2, -0.15) is 13.2 Å². The van der Waals surface area contributed by atoms with Crippen LogP contribution in [-0.4, -0.2) is 12.5 Å². The molecule has 0 radical (unpaired) electrons. The Hall–Kier alpha value is -1.27. The molecule has 1 amide bonds. The number of hydrogen-bond donors (Lipinski definition) is 2. The fraction of sp³-hybridized carbons (Fsp3) is 0.533. The van der Waals surface area contributed by atoms with Crippen LogP contribution in [0.3, 0.4) is 0 Å². The van der Waals surface area contributed by atoms with Crippen molar-refractivity contribution in [2.24, 2.45) is 17.6 Å². The Bertz CT molecular complexity index is 534. The molecule has 3 nitrogen and oxygen atoms in total. The molecular formula is C15H20ClF3N2O. The maximum Gasteiger partial charge on any atom is 0.416 e. The Balaban J connectivity index is 0.00000242. The molecule has 0 spiro atoms. The SMILES string of the molecule is Cc1ccc(NC(=O)[C@@H]2CCC[C@@H]2CN)cc1C(F)(F)F.Cl. The number of carbonyl (C=O) groups is 1. The van der Waals surface area contributed by atoms with E-state index in [1.807, 2.05) is 0 Å². The molecule has 1 aliphatic rings. The Morgan fingerprint density at radius 3 is 2.64 bits per heavy atom. The minimum Gasteiger partial charge on any atom is -0.330 e. The lowest BCUT2D eigenvalue weighted by atomic mass is 9.95. The topological polar surface area (TPSA) is 55.1 Å². The first-order chi connectivity index (χ1) is 9.82. The molecule has 0 saturated heterocycles. The number of alkyl halides is 3. The Labute approximate surface area is 133 Å². The second-order valence-electron chi connectivity index (χ2n) is 5.55. The zero-order chi connectivity index (χ0) is 15.6. The summed E-state index contributed by atoms with van der Waals surface area (Å²) >= 11 is 0. The molecule has 2 atom stereocenters. The van der Waals surface area contributed by atoms with Gasteiger partial charge in [-0.25, -0.2) is 0 Å². The van der Waals surface area contributed by atoms with Gasteiger partial charge >= 0.3 is 6.18 Å². The third-order valence-corrected chi connectivity index (χ3v) is 4.11. The molecule has 0 heterocycles. The van der Waals surface area contributed by atoms with Gasteiger partial charge in [0.25, 0.3) is 0 Å². The van der Waals surface area contributed by atoms with Gasteiger partial charge < -0.3 is 11.1 Å². The summed E-state index contributed by atoms with van der Waals surface area (Å²) < 4.78 is 38.6. The summed E-state index contributed by atoms with van der Waals surface area (Å²) in [6.45, 7) is 1.83. The number of aryl methyl sites for hydroxylation is 1. The lowest BCUT2D eigenvalue weighted by Gasteiger charge is -2.18. The Kier molecular flexibility index (Phi) is 6.26. The van der Waals surface area contributed by atoms with E-state index in [0.717, 1.165) is 25.3 Å². The maximum absolute atomic E-state index is 12.9. The molecule has 0 bridgehead atoms. The van der Waals surface area contributed by atoms with Gasteiger partial charge in [0.2, 0.25) is 5.91 Å². The number of amides is 1. The van der Waals surface area contributed by atoms with Crippen LogP contribution in [0.25, 0.3) is 0 Å². The summed E-state index contributed by atoms with van der Waals surface area (Å²) in [5.74, 6) is -0.317. The summed E-state index contributed by atoms with van der Waals surface area (Å²) in [4.78, 5) is 12.2. The molecule has 3 N–H and O–H groups in total. The van der Waals surface area contributed by atoms with Gasteiger partial charge in [0.05, 0.1) is 5.56 Å². The van der Waals surface area contributed by atoms with E-state index in [1.165, 1.54) is 19.1 Å². The zero-order valence-corrected chi connectivity index (χ0v) is 13.1. The molecular weight excluding hydrogens is 317 g/mol. The lowest BCUT2D eigenvalue weighted by molar-refractivity contribution is -0.138. The summed E-state index contributed by atoms with van der Waals surface area (Å²) in [6, 6.07) is 3.85. The number of carbonyl (C=O) groups excluding carboxylic acids is 1. The second kappa shape index (κ2) is 7.33. The van der Waals surface area contributed by atoms with Gasteiger partial charge in [0.15, 0.2) is 0 Å². The van der Waals surface area contributed by atoms with Crippen LogP contribution in [0, 0.1) is 18.8 Å². The van der Waals surface area contributed by atoms with Crippen molar-refractivity contribution in [3.8, 4) is 0 Å². The number of halogens is 4. The predicted octanol–water partition coefficient (Wildman–Crippen LogP) is 3.75. The van der Waals surface area contributed by atoms with Crippen molar-refractivity contribution in [3.63, 3.8) is 0 Å². The van der Waals surface area contributed by atoms with Crippen molar-refractivity contribution in [3.05, 3.63) is 29.3 Å². The van der Waals surface area contributed by atoms with Crippen molar-refractivity contribution in [1.82, 2.24) is 0 Å². The average Bonchev–Trinajstić information content (AvgIpc) is 2.88. The van der Waals surface area contributed by atoms with E-state index in [4.69, 9.17) is 5.73 Å². The summed E-state index contributed by atoms with van der Waals surface area (Å²) in [5, 5.41) is 2.59. The van der Waals surface area contributed by atoms with E-state index in [9.17, 15) is 18.0 Å².